The molecule has 0 bridgehead atoms. The maximum Gasteiger partial charge on any atom is 0.243 e. The number of rotatable bonds is 6. The van der Waals surface area contributed by atoms with Gasteiger partial charge in [-0.05, 0) is 48.7 Å². The zero-order valence-electron chi connectivity index (χ0n) is 15.8. The molecule has 0 heterocycles. The molecule has 0 aliphatic rings. The summed E-state index contributed by atoms with van der Waals surface area (Å²) in [6.45, 7) is 7.91. The molecule has 2 N–H and O–H groups in total. The van der Waals surface area contributed by atoms with Crippen LogP contribution in [-0.4, -0.2) is 18.4 Å². The van der Waals surface area contributed by atoms with Gasteiger partial charge in [0.2, 0.25) is 11.8 Å². The fourth-order valence-electron chi connectivity index (χ4n) is 2.28. The quantitative estimate of drug-likeness (QED) is 0.814. The number of ether oxygens (including phenoxy) is 1. The molecule has 0 saturated carbocycles. The Morgan fingerprint density at radius 1 is 0.885 bits per heavy atom. The number of carbonyl (C=O) groups excluding carboxylic acids is 2. The van der Waals surface area contributed by atoms with E-state index in [1.165, 1.54) is 5.56 Å². The Morgan fingerprint density at radius 3 is 1.96 bits per heavy atom. The Labute approximate surface area is 154 Å². The molecule has 2 amide bonds. The normalized spacial score (nSPS) is 10.9. The summed E-state index contributed by atoms with van der Waals surface area (Å²) in [5.74, 6) is 1.05. The third kappa shape index (κ3) is 6.97. The minimum absolute atomic E-state index is 0.0451. The van der Waals surface area contributed by atoms with Gasteiger partial charge < -0.3 is 15.4 Å². The summed E-state index contributed by atoms with van der Waals surface area (Å²) in [6, 6.07) is 14.9. The number of benzene rings is 2. The zero-order valence-corrected chi connectivity index (χ0v) is 15.8. The van der Waals surface area contributed by atoms with Crippen LogP contribution in [0.5, 0.6) is 11.5 Å². The third-order valence-corrected chi connectivity index (χ3v) is 3.53. The van der Waals surface area contributed by atoms with Crippen LogP contribution in [0.4, 0.5) is 5.69 Å². The van der Waals surface area contributed by atoms with Gasteiger partial charge >= 0.3 is 0 Å². The van der Waals surface area contributed by atoms with Gasteiger partial charge in [0.25, 0.3) is 0 Å². The van der Waals surface area contributed by atoms with Crippen molar-refractivity contribution in [3.05, 3.63) is 54.1 Å². The Morgan fingerprint density at radius 2 is 1.42 bits per heavy atom. The number of amides is 2. The predicted octanol–water partition coefficient (Wildman–Crippen LogP) is 4.28. The number of nitrogens with one attached hydrogen (secondary N) is 2. The standard InChI is InChI=1S/C21H26N2O3/c1-15-5-9-17(10-6-15)26-18-11-7-16(8-12-18)23-20(25)14-22-19(24)13-21(2,3)4/h5-12H,13-14H2,1-4H3,(H,22,24)(H,23,25). The molecule has 0 aliphatic heterocycles. The van der Waals surface area contributed by atoms with Gasteiger partial charge in [0.15, 0.2) is 0 Å². The molecule has 0 saturated heterocycles. The Bertz CT molecular complexity index is 744. The average Bonchev–Trinajstić information content (AvgIpc) is 2.55. The van der Waals surface area contributed by atoms with E-state index in [1.807, 2.05) is 52.0 Å². The van der Waals surface area contributed by atoms with Gasteiger partial charge in [0.05, 0.1) is 6.54 Å². The van der Waals surface area contributed by atoms with Crippen LogP contribution in [0.3, 0.4) is 0 Å². The van der Waals surface area contributed by atoms with E-state index in [1.54, 1.807) is 24.3 Å². The van der Waals surface area contributed by atoms with Gasteiger partial charge in [-0.15, -0.1) is 0 Å². The monoisotopic (exact) mass is 354 g/mol. The van der Waals surface area contributed by atoms with Crippen molar-refractivity contribution in [2.45, 2.75) is 34.1 Å². The van der Waals surface area contributed by atoms with E-state index in [9.17, 15) is 9.59 Å². The van der Waals surface area contributed by atoms with Crippen LogP contribution in [-0.2, 0) is 9.59 Å². The molecule has 2 aromatic rings. The molecule has 2 rings (SSSR count). The number of hydrogen-bond acceptors (Lipinski definition) is 3. The molecule has 0 spiro atoms. The molecular formula is C21H26N2O3. The van der Waals surface area contributed by atoms with Crippen molar-refractivity contribution < 1.29 is 14.3 Å². The Kier molecular flexibility index (Phi) is 6.39. The van der Waals surface area contributed by atoms with Gasteiger partial charge in [0, 0.05) is 12.1 Å². The largest absolute Gasteiger partial charge is 0.457 e. The second-order valence-electron chi connectivity index (χ2n) is 7.50. The summed E-state index contributed by atoms with van der Waals surface area (Å²) < 4.78 is 5.75. The molecule has 0 radical (unpaired) electrons. The highest BCUT2D eigenvalue weighted by atomic mass is 16.5. The number of carbonyl (C=O) groups is 2. The van der Waals surface area contributed by atoms with Gasteiger partial charge in [-0.25, -0.2) is 0 Å². The summed E-state index contributed by atoms with van der Waals surface area (Å²) in [5, 5.41) is 5.38. The predicted molar refractivity (Wildman–Crippen MR) is 103 cm³/mol. The number of aryl methyl sites for hydroxylation is 1. The highest BCUT2D eigenvalue weighted by Crippen LogP contribution is 2.23. The van der Waals surface area contributed by atoms with Crippen molar-refractivity contribution in [3.8, 4) is 11.5 Å². The highest BCUT2D eigenvalue weighted by molar-refractivity contribution is 5.94. The van der Waals surface area contributed by atoms with Crippen LogP contribution < -0.4 is 15.4 Å². The summed E-state index contributed by atoms with van der Waals surface area (Å²) >= 11 is 0. The van der Waals surface area contributed by atoms with Crippen LogP contribution in [0.2, 0.25) is 0 Å². The van der Waals surface area contributed by atoms with E-state index in [4.69, 9.17) is 4.74 Å². The van der Waals surface area contributed by atoms with Crippen LogP contribution in [0.25, 0.3) is 0 Å². The summed E-state index contributed by atoms with van der Waals surface area (Å²) in [6.07, 6.45) is 0.380. The fraction of sp³-hybridized carbons (Fsp3) is 0.333. The molecule has 5 nitrogen and oxygen atoms in total. The second kappa shape index (κ2) is 8.52. The first-order valence-corrected chi connectivity index (χ1v) is 8.62. The lowest BCUT2D eigenvalue weighted by Gasteiger charge is -2.17. The molecule has 0 aliphatic carbocycles. The SMILES string of the molecule is Cc1ccc(Oc2ccc(NC(=O)CNC(=O)CC(C)(C)C)cc2)cc1. The summed E-state index contributed by atoms with van der Waals surface area (Å²) in [5.41, 5.74) is 1.72. The van der Waals surface area contributed by atoms with Gasteiger partial charge in [0.1, 0.15) is 11.5 Å². The Balaban J connectivity index is 1.81. The van der Waals surface area contributed by atoms with Crippen molar-refractivity contribution >= 4 is 17.5 Å². The number of hydrogen-bond donors (Lipinski definition) is 2. The molecule has 0 unspecified atom stereocenters. The average molecular weight is 354 g/mol. The Hall–Kier alpha value is -2.82. The molecular weight excluding hydrogens is 328 g/mol. The summed E-state index contributed by atoms with van der Waals surface area (Å²) in [4.78, 5) is 23.7. The van der Waals surface area contributed by atoms with E-state index in [-0.39, 0.29) is 23.8 Å². The van der Waals surface area contributed by atoms with Crippen LogP contribution >= 0.6 is 0 Å². The minimum Gasteiger partial charge on any atom is -0.457 e. The first kappa shape index (κ1) is 19.5. The van der Waals surface area contributed by atoms with Crippen molar-refractivity contribution in [2.75, 3.05) is 11.9 Å². The van der Waals surface area contributed by atoms with Crippen molar-refractivity contribution in [2.24, 2.45) is 5.41 Å². The van der Waals surface area contributed by atoms with Crippen LogP contribution in [0, 0.1) is 12.3 Å². The lowest BCUT2D eigenvalue weighted by molar-refractivity contribution is -0.125. The van der Waals surface area contributed by atoms with Gasteiger partial charge in [-0.1, -0.05) is 38.5 Å². The van der Waals surface area contributed by atoms with Crippen LogP contribution in [0.15, 0.2) is 48.5 Å². The molecule has 138 valence electrons. The lowest BCUT2D eigenvalue weighted by atomic mass is 9.92. The maximum atomic E-state index is 11.9. The molecule has 2 aromatic carbocycles. The van der Waals surface area contributed by atoms with Crippen molar-refractivity contribution in [1.82, 2.24) is 5.32 Å². The first-order valence-electron chi connectivity index (χ1n) is 8.62. The summed E-state index contributed by atoms with van der Waals surface area (Å²) in [7, 11) is 0. The minimum atomic E-state index is -0.264. The zero-order chi connectivity index (χ0) is 19.2. The maximum absolute atomic E-state index is 11.9. The third-order valence-electron chi connectivity index (χ3n) is 3.53. The van der Waals surface area contributed by atoms with E-state index in [0.29, 0.717) is 17.9 Å². The molecule has 5 heteroatoms. The van der Waals surface area contributed by atoms with E-state index in [2.05, 4.69) is 10.6 Å². The van der Waals surface area contributed by atoms with E-state index in [0.717, 1.165) is 5.75 Å². The van der Waals surface area contributed by atoms with Gasteiger partial charge in [-0.3, -0.25) is 9.59 Å². The number of anilines is 1. The van der Waals surface area contributed by atoms with Crippen molar-refractivity contribution in [1.29, 1.82) is 0 Å². The van der Waals surface area contributed by atoms with E-state index >= 15 is 0 Å². The molecule has 0 fully saturated rings. The highest BCUT2D eigenvalue weighted by Gasteiger charge is 2.16. The molecule has 0 aromatic heterocycles. The molecule has 0 atom stereocenters. The topological polar surface area (TPSA) is 67.4 Å². The fourth-order valence-corrected chi connectivity index (χ4v) is 2.28. The second-order valence-corrected chi connectivity index (χ2v) is 7.50. The lowest BCUT2D eigenvalue weighted by Crippen LogP contribution is -2.34. The molecule has 26 heavy (non-hydrogen) atoms. The smallest absolute Gasteiger partial charge is 0.243 e. The first-order chi connectivity index (χ1) is 12.2. The van der Waals surface area contributed by atoms with Crippen LogP contribution in [0.1, 0.15) is 32.8 Å². The van der Waals surface area contributed by atoms with E-state index < -0.39 is 0 Å². The van der Waals surface area contributed by atoms with Crippen molar-refractivity contribution in [3.63, 3.8) is 0 Å². The van der Waals surface area contributed by atoms with Gasteiger partial charge in [-0.2, -0.15) is 0 Å².